The molecule has 4 nitrogen and oxygen atoms in total. The lowest BCUT2D eigenvalue weighted by molar-refractivity contribution is -0.171. The van der Waals surface area contributed by atoms with E-state index in [9.17, 15) is 4.79 Å². The second kappa shape index (κ2) is 5.74. The van der Waals surface area contributed by atoms with E-state index in [1.165, 1.54) is 0 Å². The molecule has 0 aliphatic carbocycles. The zero-order valence-electron chi connectivity index (χ0n) is 7.37. The van der Waals surface area contributed by atoms with Gasteiger partial charge in [0.25, 0.3) is 0 Å². The summed E-state index contributed by atoms with van der Waals surface area (Å²) in [5.41, 5.74) is 0.328. The van der Waals surface area contributed by atoms with Gasteiger partial charge in [0.1, 0.15) is 0 Å². The Hall–Kier alpha value is -0.870. The number of esters is 1. The average Bonchev–Trinajstić information content (AvgIpc) is 2.00. The lowest BCUT2D eigenvalue weighted by Crippen LogP contribution is -2.19. The molecule has 1 unspecified atom stereocenters. The molecule has 0 spiro atoms. The van der Waals surface area contributed by atoms with Crippen LogP contribution in [0, 0.1) is 0 Å². The normalized spacial score (nSPS) is 12.2. The Bertz CT molecular complexity index is 164. The van der Waals surface area contributed by atoms with Crippen LogP contribution in [0.3, 0.4) is 0 Å². The Labute approximate surface area is 71.8 Å². The molecule has 12 heavy (non-hydrogen) atoms. The highest BCUT2D eigenvalue weighted by molar-refractivity contribution is 5.86. The van der Waals surface area contributed by atoms with Crippen LogP contribution in [0.4, 0.5) is 0 Å². The van der Waals surface area contributed by atoms with Gasteiger partial charge in [0.2, 0.25) is 6.29 Å². The van der Waals surface area contributed by atoms with Crippen molar-refractivity contribution in [3.05, 3.63) is 12.2 Å². The minimum absolute atomic E-state index is 0.0883. The molecule has 0 bridgehead atoms. The smallest absolute Gasteiger partial charge is 0.335 e. The summed E-state index contributed by atoms with van der Waals surface area (Å²) in [6.45, 7) is 6.61. The quantitative estimate of drug-likeness (QED) is 0.374. The van der Waals surface area contributed by atoms with Crippen molar-refractivity contribution in [2.75, 3.05) is 13.2 Å². The van der Waals surface area contributed by atoms with Gasteiger partial charge >= 0.3 is 5.97 Å². The summed E-state index contributed by atoms with van der Waals surface area (Å²) < 4.78 is 9.62. The Morgan fingerprint density at radius 2 is 2.25 bits per heavy atom. The first-order valence-electron chi connectivity index (χ1n) is 3.67. The molecule has 0 radical (unpaired) electrons. The summed E-state index contributed by atoms with van der Waals surface area (Å²) in [7, 11) is 0. The summed E-state index contributed by atoms with van der Waals surface area (Å²) in [5.74, 6) is -0.486. The van der Waals surface area contributed by atoms with Crippen LogP contribution in [0.1, 0.15) is 13.8 Å². The predicted molar refractivity (Wildman–Crippen MR) is 43.4 cm³/mol. The van der Waals surface area contributed by atoms with Gasteiger partial charge in [-0.15, -0.1) is 0 Å². The number of hydrogen-bond acceptors (Lipinski definition) is 4. The zero-order chi connectivity index (χ0) is 9.56. The minimum Gasteiger partial charge on any atom is -0.433 e. The molecule has 0 aliphatic heterocycles. The average molecular weight is 174 g/mol. The van der Waals surface area contributed by atoms with Gasteiger partial charge in [-0.25, -0.2) is 4.79 Å². The molecule has 1 N–H and O–H groups in total. The summed E-state index contributed by atoms with van der Waals surface area (Å²) in [6, 6.07) is 0. The molecule has 0 rings (SSSR count). The highest BCUT2D eigenvalue weighted by atomic mass is 16.7. The standard InChI is InChI=1S/C8H14O4/c1-6(2)8(10)12-7(3)11-5-4-9/h7,9H,1,4-5H2,2-3H3. The molecule has 0 aromatic heterocycles. The van der Waals surface area contributed by atoms with Gasteiger partial charge in [-0.2, -0.15) is 0 Å². The molecular formula is C8H14O4. The largest absolute Gasteiger partial charge is 0.433 e. The number of aliphatic hydroxyl groups excluding tert-OH is 1. The SMILES string of the molecule is C=C(C)C(=O)OC(C)OCCO. The van der Waals surface area contributed by atoms with E-state index in [0.29, 0.717) is 5.57 Å². The molecule has 0 fully saturated rings. The van der Waals surface area contributed by atoms with Crippen molar-refractivity contribution in [1.29, 1.82) is 0 Å². The predicted octanol–water partition coefficient (Wildman–Crippen LogP) is 0.461. The maximum atomic E-state index is 10.9. The van der Waals surface area contributed by atoms with E-state index in [1.54, 1.807) is 13.8 Å². The molecule has 1 atom stereocenters. The van der Waals surface area contributed by atoms with E-state index >= 15 is 0 Å². The Balaban J connectivity index is 3.61. The van der Waals surface area contributed by atoms with Gasteiger partial charge in [0.05, 0.1) is 13.2 Å². The highest BCUT2D eigenvalue weighted by Gasteiger charge is 2.08. The molecule has 0 aromatic carbocycles. The van der Waals surface area contributed by atoms with Crippen molar-refractivity contribution >= 4 is 5.97 Å². The van der Waals surface area contributed by atoms with Crippen molar-refractivity contribution in [3.8, 4) is 0 Å². The molecular weight excluding hydrogens is 160 g/mol. The lowest BCUT2D eigenvalue weighted by atomic mass is 10.4. The number of carbonyl (C=O) groups excluding carboxylic acids is 1. The van der Waals surface area contributed by atoms with Crippen molar-refractivity contribution in [1.82, 2.24) is 0 Å². The summed E-state index contributed by atoms with van der Waals surface area (Å²) in [5, 5.41) is 8.38. The molecule has 0 saturated heterocycles. The number of ether oxygens (including phenoxy) is 2. The molecule has 0 amide bonds. The Morgan fingerprint density at radius 1 is 1.67 bits per heavy atom. The first kappa shape index (κ1) is 11.1. The third kappa shape index (κ3) is 4.87. The van der Waals surface area contributed by atoms with Gasteiger partial charge in [0.15, 0.2) is 0 Å². The van der Waals surface area contributed by atoms with Gasteiger partial charge in [-0.1, -0.05) is 6.58 Å². The van der Waals surface area contributed by atoms with E-state index in [2.05, 4.69) is 6.58 Å². The number of hydrogen-bond donors (Lipinski definition) is 1. The number of carbonyl (C=O) groups is 1. The van der Waals surface area contributed by atoms with Crippen molar-refractivity contribution in [3.63, 3.8) is 0 Å². The van der Waals surface area contributed by atoms with Crippen LogP contribution >= 0.6 is 0 Å². The molecule has 0 aromatic rings. The highest BCUT2D eigenvalue weighted by Crippen LogP contribution is 1.98. The monoisotopic (exact) mass is 174 g/mol. The molecule has 0 aliphatic rings. The summed E-state index contributed by atoms with van der Waals surface area (Å²) >= 11 is 0. The van der Waals surface area contributed by atoms with E-state index in [1.807, 2.05) is 0 Å². The molecule has 4 heteroatoms. The lowest BCUT2D eigenvalue weighted by Gasteiger charge is -2.12. The Morgan fingerprint density at radius 3 is 2.67 bits per heavy atom. The van der Waals surface area contributed by atoms with Crippen molar-refractivity contribution < 1.29 is 19.4 Å². The van der Waals surface area contributed by atoms with Crippen LogP contribution in [0.25, 0.3) is 0 Å². The van der Waals surface area contributed by atoms with Crippen LogP contribution in [0.2, 0.25) is 0 Å². The van der Waals surface area contributed by atoms with E-state index in [-0.39, 0.29) is 13.2 Å². The van der Waals surface area contributed by atoms with Gasteiger partial charge in [0, 0.05) is 5.57 Å². The van der Waals surface area contributed by atoms with Gasteiger partial charge in [-0.05, 0) is 13.8 Å². The fourth-order valence-corrected chi connectivity index (χ4v) is 0.504. The maximum Gasteiger partial charge on any atom is 0.335 e. The molecule has 70 valence electrons. The number of aliphatic hydroxyl groups is 1. The summed E-state index contributed by atoms with van der Waals surface area (Å²) in [4.78, 5) is 10.9. The van der Waals surface area contributed by atoms with Crippen LogP contribution in [-0.4, -0.2) is 30.6 Å². The van der Waals surface area contributed by atoms with Crippen LogP contribution < -0.4 is 0 Å². The summed E-state index contributed by atoms with van der Waals surface area (Å²) in [6.07, 6.45) is -0.638. The second-order valence-corrected chi connectivity index (χ2v) is 2.35. The van der Waals surface area contributed by atoms with E-state index in [0.717, 1.165) is 0 Å². The van der Waals surface area contributed by atoms with Crippen molar-refractivity contribution in [2.45, 2.75) is 20.1 Å². The van der Waals surface area contributed by atoms with Crippen LogP contribution in [0.5, 0.6) is 0 Å². The fourth-order valence-electron chi connectivity index (χ4n) is 0.504. The minimum atomic E-state index is -0.638. The third-order valence-electron chi connectivity index (χ3n) is 1.07. The molecule has 0 saturated carbocycles. The number of rotatable bonds is 5. The Kier molecular flexibility index (Phi) is 5.32. The van der Waals surface area contributed by atoms with Crippen molar-refractivity contribution in [2.24, 2.45) is 0 Å². The first-order chi connectivity index (χ1) is 5.57. The zero-order valence-corrected chi connectivity index (χ0v) is 7.37. The van der Waals surface area contributed by atoms with Gasteiger partial charge in [-0.3, -0.25) is 0 Å². The van der Waals surface area contributed by atoms with E-state index < -0.39 is 12.3 Å². The third-order valence-corrected chi connectivity index (χ3v) is 1.07. The first-order valence-corrected chi connectivity index (χ1v) is 3.67. The maximum absolute atomic E-state index is 10.9. The van der Waals surface area contributed by atoms with Crippen LogP contribution in [0.15, 0.2) is 12.2 Å². The van der Waals surface area contributed by atoms with E-state index in [4.69, 9.17) is 14.6 Å². The molecule has 0 heterocycles. The van der Waals surface area contributed by atoms with Gasteiger partial charge < -0.3 is 14.6 Å². The van der Waals surface area contributed by atoms with Crippen LogP contribution in [-0.2, 0) is 14.3 Å². The topological polar surface area (TPSA) is 55.8 Å². The second-order valence-electron chi connectivity index (χ2n) is 2.35. The fraction of sp³-hybridized carbons (Fsp3) is 0.625.